The van der Waals surface area contributed by atoms with Gasteiger partial charge in [0.05, 0.1) is 12.0 Å². The maximum absolute atomic E-state index is 11.6. The maximum Gasteiger partial charge on any atom is 0.309 e. The molecule has 1 aliphatic heterocycles. The summed E-state index contributed by atoms with van der Waals surface area (Å²) in [5.41, 5.74) is 1.96. The summed E-state index contributed by atoms with van der Waals surface area (Å²) in [5, 5.41) is 9.17. The Balaban J connectivity index is 2.40. The quantitative estimate of drug-likeness (QED) is 0.844. The molecular formula is C13H15NO3. The van der Waals surface area contributed by atoms with Crippen LogP contribution in [0.25, 0.3) is 0 Å². The second-order valence-corrected chi connectivity index (χ2v) is 4.51. The number of hydrogen-bond donors (Lipinski definition) is 1. The van der Waals surface area contributed by atoms with Gasteiger partial charge in [-0.2, -0.15) is 0 Å². The van der Waals surface area contributed by atoms with Gasteiger partial charge in [0, 0.05) is 13.5 Å². The predicted molar refractivity (Wildman–Crippen MR) is 62.4 cm³/mol. The third-order valence-corrected chi connectivity index (χ3v) is 3.29. The van der Waals surface area contributed by atoms with Crippen LogP contribution in [0.3, 0.4) is 0 Å². The van der Waals surface area contributed by atoms with E-state index in [1.807, 2.05) is 31.2 Å². The predicted octanol–water partition coefficient (Wildman–Crippen LogP) is 1.60. The Morgan fingerprint density at radius 3 is 2.76 bits per heavy atom. The molecular weight excluding hydrogens is 218 g/mol. The molecule has 0 spiro atoms. The molecule has 0 aromatic heterocycles. The van der Waals surface area contributed by atoms with Crippen LogP contribution in [0.15, 0.2) is 24.3 Å². The van der Waals surface area contributed by atoms with Crippen molar-refractivity contribution in [3.05, 3.63) is 35.4 Å². The Morgan fingerprint density at radius 2 is 2.18 bits per heavy atom. The molecule has 0 unspecified atom stereocenters. The minimum absolute atomic E-state index is 0.0877. The topological polar surface area (TPSA) is 57.6 Å². The Morgan fingerprint density at radius 1 is 1.47 bits per heavy atom. The molecule has 1 N–H and O–H groups in total. The van der Waals surface area contributed by atoms with E-state index in [0.29, 0.717) is 0 Å². The summed E-state index contributed by atoms with van der Waals surface area (Å²) in [4.78, 5) is 24.3. The number of rotatable bonds is 2. The van der Waals surface area contributed by atoms with Crippen LogP contribution in [0.1, 0.15) is 23.6 Å². The molecule has 1 aromatic carbocycles. The smallest absolute Gasteiger partial charge is 0.309 e. The highest BCUT2D eigenvalue weighted by molar-refractivity contribution is 5.87. The van der Waals surface area contributed by atoms with Crippen LogP contribution >= 0.6 is 0 Å². The number of nitrogens with zero attached hydrogens (tertiary/aromatic N) is 1. The van der Waals surface area contributed by atoms with E-state index in [1.165, 1.54) is 4.90 Å². The fourth-order valence-electron chi connectivity index (χ4n) is 2.40. The van der Waals surface area contributed by atoms with Gasteiger partial charge in [-0.25, -0.2) is 0 Å². The Bertz CT molecular complexity index is 469. The summed E-state index contributed by atoms with van der Waals surface area (Å²) >= 11 is 0. The third kappa shape index (κ3) is 2.02. The van der Waals surface area contributed by atoms with E-state index >= 15 is 0 Å². The molecule has 90 valence electrons. The van der Waals surface area contributed by atoms with Crippen LogP contribution in [0.5, 0.6) is 0 Å². The molecule has 0 aliphatic carbocycles. The van der Waals surface area contributed by atoms with Crippen molar-refractivity contribution in [3.63, 3.8) is 0 Å². The van der Waals surface area contributed by atoms with Crippen LogP contribution in [-0.2, 0) is 9.59 Å². The fraction of sp³-hybridized carbons (Fsp3) is 0.385. The van der Waals surface area contributed by atoms with E-state index < -0.39 is 11.9 Å². The third-order valence-electron chi connectivity index (χ3n) is 3.29. The number of carbonyl (C=O) groups is 2. The summed E-state index contributed by atoms with van der Waals surface area (Å²) in [5.74, 6) is -1.66. The Labute approximate surface area is 99.9 Å². The molecule has 1 aliphatic rings. The Kier molecular flexibility index (Phi) is 2.88. The second-order valence-electron chi connectivity index (χ2n) is 4.51. The first-order chi connectivity index (χ1) is 8.00. The van der Waals surface area contributed by atoms with Crippen LogP contribution in [0.2, 0.25) is 0 Å². The average molecular weight is 233 g/mol. The van der Waals surface area contributed by atoms with E-state index in [0.717, 1.165) is 11.1 Å². The first-order valence-electron chi connectivity index (χ1n) is 5.55. The molecule has 4 heteroatoms. The molecule has 2 atom stereocenters. The highest BCUT2D eigenvalue weighted by Crippen LogP contribution is 2.37. The van der Waals surface area contributed by atoms with Crippen molar-refractivity contribution < 1.29 is 14.7 Å². The van der Waals surface area contributed by atoms with Crippen molar-refractivity contribution >= 4 is 11.9 Å². The molecule has 0 saturated carbocycles. The lowest BCUT2D eigenvalue weighted by Crippen LogP contribution is -2.26. The number of hydrogen-bond acceptors (Lipinski definition) is 2. The average Bonchev–Trinajstić information content (AvgIpc) is 2.56. The SMILES string of the molecule is Cc1cccc([C@@H]2[C@H](C(=O)O)CC(=O)N2C)c1. The van der Waals surface area contributed by atoms with Gasteiger partial charge in [-0.05, 0) is 12.5 Å². The minimum Gasteiger partial charge on any atom is -0.481 e. The van der Waals surface area contributed by atoms with E-state index in [1.54, 1.807) is 7.05 Å². The summed E-state index contributed by atoms with van der Waals surface area (Å²) in [6, 6.07) is 7.31. The fourth-order valence-corrected chi connectivity index (χ4v) is 2.40. The van der Waals surface area contributed by atoms with Gasteiger partial charge >= 0.3 is 5.97 Å². The number of likely N-dealkylation sites (tertiary alicyclic amines) is 1. The van der Waals surface area contributed by atoms with Crippen molar-refractivity contribution in [1.82, 2.24) is 4.90 Å². The molecule has 0 radical (unpaired) electrons. The van der Waals surface area contributed by atoms with Gasteiger partial charge in [-0.3, -0.25) is 9.59 Å². The van der Waals surface area contributed by atoms with E-state index in [9.17, 15) is 14.7 Å². The van der Waals surface area contributed by atoms with Gasteiger partial charge in [-0.1, -0.05) is 29.8 Å². The summed E-state index contributed by atoms with van der Waals surface area (Å²) in [6.07, 6.45) is 0.0877. The lowest BCUT2D eigenvalue weighted by atomic mass is 9.93. The van der Waals surface area contributed by atoms with Crippen molar-refractivity contribution in [3.8, 4) is 0 Å². The van der Waals surface area contributed by atoms with Gasteiger partial charge in [0.15, 0.2) is 0 Å². The number of aryl methyl sites for hydroxylation is 1. The van der Waals surface area contributed by atoms with Crippen LogP contribution < -0.4 is 0 Å². The monoisotopic (exact) mass is 233 g/mol. The van der Waals surface area contributed by atoms with Gasteiger partial charge in [0.1, 0.15) is 0 Å². The van der Waals surface area contributed by atoms with E-state index in [4.69, 9.17) is 0 Å². The molecule has 1 heterocycles. The molecule has 4 nitrogen and oxygen atoms in total. The highest BCUT2D eigenvalue weighted by atomic mass is 16.4. The largest absolute Gasteiger partial charge is 0.481 e. The van der Waals surface area contributed by atoms with E-state index in [2.05, 4.69) is 0 Å². The highest BCUT2D eigenvalue weighted by Gasteiger charge is 2.42. The zero-order chi connectivity index (χ0) is 12.6. The van der Waals surface area contributed by atoms with Crippen molar-refractivity contribution in [2.24, 2.45) is 5.92 Å². The zero-order valence-corrected chi connectivity index (χ0v) is 9.88. The molecule has 1 saturated heterocycles. The standard InChI is InChI=1S/C13H15NO3/c1-8-4-3-5-9(6-8)12-10(13(16)17)7-11(15)14(12)2/h3-6,10,12H,7H2,1-2H3,(H,16,17)/t10-,12-/m1/s1. The zero-order valence-electron chi connectivity index (χ0n) is 9.88. The molecule has 1 aromatic rings. The second kappa shape index (κ2) is 4.20. The maximum atomic E-state index is 11.6. The first kappa shape index (κ1) is 11.6. The minimum atomic E-state index is -0.908. The number of carbonyl (C=O) groups excluding carboxylic acids is 1. The van der Waals surface area contributed by atoms with Crippen molar-refractivity contribution in [2.45, 2.75) is 19.4 Å². The lowest BCUT2D eigenvalue weighted by molar-refractivity contribution is -0.142. The van der Waals surface area contributed by atoms with E-state index in [-0.39, 0.29) is 18.4 Å². The van der Waals surface area contributed by atoms with Gasteiger partial charge < -0.3 is 10.0 Å². The molecule has 1 fully saturated rings. The normalized spacial score (nSPS) is 24.1. The summed E-state index contributed by atoms with van der Waals surface area (Å²) in [6.45, 7) is 1.95. The first-order valence-corrected chi connectivity index (χ1v) is 5.55. The Hall–Kier alpha value is -1.84. The van der Waals surface area contributed by atoms with Gasteiger partial charge in [0.2, 0.25) is 5.91 Å². The van der Waals surface area contributed by atoms with Crippen molar-refractivity contribution in [2.75, 3.05) is 7.05 Å². The number of carboxylic acids is 1. The number of amides is 1. The van der Waals surface area contributed by atoms with Crippen molar-refractivity contribution in [1.29, 1.82) is 0 Å². The molecule has 0 bridgehead atoms. The van der Waals surface area contributed by atoms with Gasteiger partial charge in [0.25, 0.3) is 0 Å². The molecule has 17 heavy (non-hydrogen) atoms. The number of benzene rings is 1. The lowest BCUT2D eigenvalue weighted by Gasteiger charge is -2.23. The van der Waals surface area contributed by atoms with Crippen LogP contribution in [0, 0.1) is 12.8 Å². The van der Waals surface area contributed by atoms with Crippen LogP contribution in [-0.4, -0.2) is 28.9 Å². The summed E-state index contributed by atoms with van der Waals surface area (Å²) in [7, 11) is 1.66. The number of aliphatic carboxylic acids is 1. The molecule has 1 amide bonds. The van der Waals surface area contributed by atoms with Gasteiger partial charge in [-0.15, -0.1) is 0 Å². The summed E-state index contributed by atoms with van der Waals surface area (Å²) < 4.78 is 0. The number of carboxylic acid groups (broad SMARTS) is 1. The molecule has 2 rings (SSSR count). The van der Waals surface area contributed by atoms with Crippen LogP contribution in [0.4, 0.5) is 0 Å².